The Bertz CT molecular complexity index is 620. The van der Waals surface area contributed by atoms with Crippen molar-refractivity contribution in [2.24, 2.45) is 0 Å². The molecule has 0 amide bonds. The van der Waals surface area contributed by atoms with E-state index in [0.29, 0.717) is 11.0 Å². The highest BCUT2D eigenvalue weighted by Crippen LogP contribution is 2.22. The summed E-state index contributed by atoms with van der Waals surface area (Å²) < 4.78 is 0.661. The normalized spacial score (nSPS) is 12.1. The number of nitro benzene ring substituents is 1. The summed E-state index contributed by atoms with van der Waals surface area (Å²) in [7, 11) is 0. The molecule has 5 nitrogen and oxygen atoms in total. The molecule has 0 saturated carbocycles. The van der Waals surface area contributed by atoms with Crippen LogP contribution in [0.1, 0.15) is 17.2 Å². The van der Waals surface area contributed by atoms with E-state index in [4.69, 9.17) is 0 Å². The number of nitrogens with zero attached hydrogens (tertiary/aromatic N) is 1. The molecule has 0 fully saturated rings. The fourth-order valence-corrected chi connectivity index (χ4v) is 2.58. The van der Waals surface area contributed by atoms with Gasteiger partial charge in [0, 0.05) is 23.2 Å². The second kappa shape index (κ2) is 7.31. The van der Waals surface area contributed by atoms with Gasteiger partial charge in [-0.3, -0.25) is 10.1 Å². The molecule has 2 aromatic carbocycles. The fraction of sp³-hybridized carbons (Fsp3) is 0.200. The lowest BCUT2D eigenvalue weighted by Crippen LogP contribution is -2.24. The van der Waals surface area contributed by atoms with Crippen LogP contribution >= 0.6 is 15.9 Å². The van der Waals surface area contributed by atoms with Gasteiger partial charge in [-0.25, -0.2) is 0 Å². The zero-order chi connectivity index (χ0) is 15.2. The van der Waals surface area contributed by atoms with E-state index in [1.807, 2.05) is 36.4 Å². The summed E-state index contributed by atoms with van der Waals surface area (Å²) in [5.41, 5.74) is 1.80. The standard InChI is InChI=1S/C15H15BrN2O3/c16-13-6-11(7-14(8-13)18(20)21)9-17-15(10-19)12-4-2-1-3-5-12/h1-8,15,17,19H,9-10H2. The average molecular weight is 351 g/mol. The number of aliphatic hydroxyl groups is 1. The lowest BCUT2D eigenvalue weighted by Gasteiger charge is -2.16. The fourth-order valence-electron chi connectivity index (χ4n) is 2.06. The monoisotopic (exact) mass is 350 g/mol. The molecule has 1 atom stereocenters. The highest BCUT2D eigenvalue weighted by Gasteiger charge is 2.12. The maximum absolute atomic E-state index is 10.8. The smallest absolute Gasteiger partial charge is 0.270 e. The number of rotatable bonds is 6. The van der Waals surface area contributed by atoms with Crippen LogP contribution in [-0.4, -0.2) is 16.6 Å². The topological polar surface area (TPSA) is 75.4 Å². The van der Waals surface area contributed by atoms with Crippen molar-refractivity contribution in [3.63, 3.8) is 0 Å². The van der Waals surface area contributed by atoms with Crippen LogP contribution in [0, 0.1) is 10.1 Å². The molecule has 0 heterocycles. The number of aliphatic hydroxyl groups excluding tert-OH is 1. The summed E-state index contributed by atoms with van der Waals surface area (Å²) in [6, 6.07) is 14.2. The highest BCUT2D eigenvalue weighted by molar-refractivity contribution is 9.10. The Hall–Kier alpha value is -1.76. The molecule has 0 spiro atoms. The van der Waals surface area contributed by atoms with E-state index in [1.54, 1.807) is 0 Å². The zero-order valence-electron chi connectivity index (χ0n) is 11.2. The Morgan fingerprint density at radius 3 is 2.57 bits per heavy atom. The molecule has 0 bridgehead atoms. The van der Waals surface area contributed by atoms with Crippen LogP contribution in [0.5, 0.6) is 0 Å². The SMILES string of the molecule is O=[N+]([O-])c1cc(Br)cc(CNC(CO)c2ccccc2)c1. The van der Waals surface area contributed by atoms with Gasteiger partial charge in [0.05, 0.1) is 17.6 Å². The van der Waals surface area contributed by atoms with Crippen molar-refractivity contribution in [3.05, 3.63) is 74.2 Å². The molecule has 6 heteroatoms. The molecule has 1 unspecified atom stereocenters. The number of halogens is 1. The van der Waals surface area contributed by atoms with Gasteiger partial charge in [-0.05, 0) is 17.2 Å². The third kappa shape index (κ3) is 4.35. The molecule has 0 radical (unpaired) electrons. The van der Waals surface area contributed by atoms with E-state index >= 15 is 0 Å². The van der Waals surface area contributed by atoms with Gasteiger partial charge < -0.3 is 10.4 Å². The number of hydrogen-bond donors (Lipinski definition) is 2. The largest absolute Gasteiger partial charge is 0.394 e. The molecule has 0 aliphatic carbocycles. The van der Waals surface area contributed by atoms with E-state index in [-0.39, 0.29) is 18.3 Å². The van der Waals surface area contributed by atoms with E-state index in [0.717, 1.165) is 11.1 Å². The molecule has 0 saturated heterocycles. The molecule has 2 aromatic rings. The Balaban J connectivity index is 2.10. The van der Waals surface area contributed by atoms with E-state index in [1.165, 1.54) is 12.1 Å². The minimum absolute atomic E-state index is 0.0416. The van der Waals surface area contributed by atoms with Crippen molar-refractivity contribution in [1.82, 2.24) is 5.32 Å². The van der Waals surface area contributed by atoms with Gasteiger partial charge in [0.15, 0.2) is 0 Å². The van der Waals surface area contributed by atoms with Gasteiger partial charge in [0.2, 0.25) is 0 Å². The molecular formula is C15H15BrN2O3. The molecule has 2 N–H and O–H groups in total. The third-order valence-electron chi connectivity index (χ3n) is 3.09. The second-order valence-corrected chi connectivity index (χ2v) is 5.52. The van der Waals surface area contributed by atoms with E-state index in [2.05, 4.69) is 21.2 Å². The van der Waals surface area contributed by atoms with Gasteiger partial charge in [-0.2, -0.15) is 0 Å². The first-order valence-electron chi connectivity index (χ1n) is 6.43. The van der Waals surface area contributed by atoms with Crippen LogP contribution in [0.3, 0.4) is 0 Å². The summed E-state index contributed by atoms with van der Waals surface area (Å²) in [4.78, 5) is 10.4. The predicted octanol–water partition coefficient (Wildman–Crippen LogP) is 3.18. The number of nitrogens with one attached hydrogen (secondary N) is 1. The summed E-state index contributed by atoms with van der Waals surface area (Å²) in [6.07, 6.45) is 0. The molecule has 0 aliphatic rings. The first kappa shape index (κ1) is 15.6. The summed E-state index contributed by atoms with van der Waals surface area (Å²) in [6.45, 7) is 0.389. The lowest BCUT2D eigenvalue weighted by atomic mass is 10.1. The van der Waals surface area contributed by atoms with Gasteiger partial charge in [-0.1, -0.05) is 46.3 Å². The van der Waals surface area contributed by atoms with Crippen molar-refractivity contribution < 1.29 is 10.0 Å². The van der Waals surface area contributed by atoms with Crippen LogP contribution in [0.15, 0.2) is 53.0 Å². The predicted molar refractivity (Wildman–Crippen MR) is 83.9 cm³/mol. The number of non-ortho nitro benzene ring substituents is 1. The Labute approximate surface area is 130 Å². The van der Waals surface area contributed by atoms with Crippen LogP contribution in [0.4, 0.5) is 5.69 Å². The van der Waals surface area contributed by atoms with Gasteiger partial charge >= 0.3 is 0 Å². The molecule has 110 valence electrons. The first-order chi connectivity index (χ1) is 10.1. The van der Waals surface area contributed by atoms with Gasteiger partial charge in [0.25, 0.3) is 5.69 Å². The minimum Gasteiger partial charge on any atom is -0.394 e. The maximum atomic E-state index is 10.8. The summed E-state index contributed by atoms with van der Waals surface area (Å²) >= 11 is 3.27. The number of benzene rings is 2. The third-order valence-corrected chi connectivity index (χ3v) is 3.55. The van der Waals surface area contributed by atoms with Crippen molar-refractivity contribution in [3.8, 4) is 0 Å². The summed E-state index contributed by atoms with van der Waals surface area (Å²) in [5, 5.41) is 23.5. The number of nitro groups is 1. The van der Waals surface area contributed by atoms with Crippen molar-refractivity contribution in [2.45, 2.75) is 12.6 Å². The molecule has 0 aromatic heterocycles. The Morgan fingerprint density at radius 1 is 1.24 bits per heavy atom. The summed E-state index contributed by atoms with van der Waals surface area (Å²) in [5.74, 6) is 0. The Kier molecular flexibility index (Phi) is 5.44. The van der Waals surface area contributed by atoms with E-state index in [9.17, 15) is 15.2 Å². The van der Waals surface area contributed by atoms with E-state index < -0.39 is 4.92 Å². The van der Waals surface area contributed by atoms with Crippen LogP contribution < -0.4 is 5.32 Å². The Morgan fingerprint density at radius 2 is 1.95 bits per heavy atom. The molecule has 21 heavy (non-hydrogen) atoms. The van der Waals surface area contributed by atoms with Crippen molar-refractivity contribution in [2.75, 3.05) is 6.61 Å². The highest BCUT2D eigenvalue weighted by atomic mass is 79.9. The van der Waals surface area contributed by atoms with Gasteiger partial charge in [0.1, 0.15) is 0 Å². The first-order valence-corrected chi connectivity index (χ1v) is 7.22. The van der Waals surface area contributed by atoms with Crippen molar-refractivity contribution >= 4 is 21.6 Å². The van der Waals surface area contributed by atoms with Crippen LogP contribution in [0.25, 0.3) is 0 Å². The van der Waals surface area contributed by atoms with Gasteiger partial charge in [-0.15, -0.1) is 0 Å². The van der Waals surface area contributed by atoms with Crippen molar-refractivity contribution in [1.29, 1.82) is 0 Å². The quantitative estimate of drug-likeness (QED) is 0.619. The number of hydrogen-bond acceptors (Lipinski definition) is 4. The van der Waals surface area contributed by atoms with Crippen LogP contribution in [-0.2, 0) is 6.54 Å². The lowest BCUT2D eigenvalue weighted by molar-refractivity contribution is -0.385. The second-order valence-electron chi connectivity index (χ2n) is 4.60. The molecular weight excluding hydrogens is 336 g/mol. The molecule has 0 aliphatic heterocycles. The molecule has 2 rings (SSSR count). The minimum atomic E-state index is -0.422. The zero-order valence-corrected chi connectivity index (χ0v) is 12.8. The average Bonchev–Trinajstić information content (AvgIpc) is 2.48. The maximum Gasteiger partial charge on any atom is 0.270 e. The van der Waals surface area contributed by atoms with Crippen LogP contribution in [0.2, 0.25) is 0 Å².